The second-order valence-electron chi connectivity index (χ2n) is 5.47. The molecule has 0 saturated carbocycles. The molecular weight excluding hydrogens is 361 g/mol. The number of carbonyl (C=O) groups is 1. The van der Waals surface area contributed by atoms with Crippen LogP contribution < -0.4 is 9.47 Å². The van der Waals surface area contributed by atoms with E-state index in [4.69, 9.17) is 32.7 Å². The fourth-order valence-corrected chi connectivity index (χ4v) is 3.07. The summed E-state index contributed by atoms with van der Waals surface area (Å²) in [5.74, 6) is 1.26. The zero-order valence-electron chi connectivity index (χ0n) is 14.5. The van der Waals surface area contributed by atoms with E-state index < -0.39 is 0 Å². The Hall–Kier alpha value is -1.91. The van der Waals surface area contributed by atoms with E-state index in [0.29, 0.717) is 40.2 Å². The number of rotatable bonds is 7. The summed E-state index contributed by atoms with van der Waals surface area (Å²) in [7, 11) is 3.18. The molecule has 2 rings (SSSR count). The van der Waals surface area contributed by atoms with Gasteiger partial charge in [0.15, 0.2) is 11.5 Å². The molecule has 25 heavy (non-hydrogen) atoms. The molecule has 134 valence electrons. The molecule has 4 nitrogen and oxygen atoms in total. The zero-order valence-corrected chi connectivity index (χ0v) is 16.0. The van der Waals surface area contributed by atoms with Crippen molar-refractivity contribution in [3.8, 4) is 11.5 Å². The van der Waals surface area contributed by atoms with Crippen molar-refractivity contribution in [3.63, 3.8) is 0 Å². The molecule has 2 aromatic rings. The van der Waals surface area contributed by atoms with E-state index in [0.717, 1.165) is 5.56 Å². The highest BCUT2D eigenvalue weighted by atomic mass is 35.5. The third-order valence-corrected chi connectivity index (χ3v) is 4.65. The maximum atomic E-state index is 12.7. The Bertz CT molecular complexity index is 729. The summed E-state index contributed by atoms with van der Waals surface area (Å²) in [6.45, 7) is 2.99. The van der Waals surface area contributed by atoms with Gasteiger partial charge in [-0.15, -0.1) is 0 Å². The Balaban J connectivity index is 2.15. The number of hydrogen-bond donors (Lipinski definition) is 0. The number of nitrogens with zero attached hydrogens (tertiary/aromatic N) is 1. The van der Waals surface area contributed by atoms with E-state index in [1.165, 1.54) is 0 Å². The Kier molecular flexibility index (Phi) is 6.97. The van der Waals surface area contributed by atoms with E-state index in [1.54, 1.807) is 37.3 Å². The Morgan fingerprint density at radius 2 is 1.68 bits per heavy atom. The van der Waals surface area contributed by atoms with Crippen LogP contribution in [0.4, 0.5) is 0 Å². The van der Waals surface area contributed by atoms with Crippen LogP contribution in [-0.4, -0.2) is 31.6 Å². The second kappa shape index (κ2) is 8.97. The zero-order chi connectivity index (χ0) is 18.4. The summed E-state index contributed by atoms with van der Waals surface area (Å²) in [5.41, 5.74) is 1.61. The molecule has 0 aromatic heterocycles. The number of hydrogen-bond acceptors (Lipinski definition) is 3. The summed E-state index contributed by atoms with van der Waals surface area (Å²) in [5, 5.41) is 1.01. The van der Waals surface area contributed by atoms with Gasteiger partial charge in [0.25, 0.3) is 0 Å². The number of methoxy groups -OCH3 is 2. The van der Waals surface area contributed by atoms with Gasteiger partial charge in [-0.25, -0.2) is 0 Å². The highest BCUT2D eigenvalue weighted by molar-refractivity contribution is 6.36. The molecule has 0 fully saturated rings. The number of benzene rings is 2. The molecule has 0 N–H and O–H groups in total. The lowest BCUT2D eigenvalue weighted by atomic mass is 10.1. The molecular formula is C19H21Cl2NO3. The van der Waals surface area contributed by atoms with E-state index in [9.17, 15) is 4.79 Å². The van der Waals surface area contributed by atoms with Crippen molar-refractivity contribution < 1.29 is 14.3 Å². The average molecular weight is 382 g/mol. The van der Waals surface area contributed by atoms with Crippen molar-refractivity contribution in [2.45, 2.75) is 19.9 Å². The number of amides is 1. The van der Waals surface area contributed by atoms with Crippen LogP contribution in [-0.2, 0) is 17.8 Å². The quantitative estimate of drug-likeness (QED) is 0.703. The maximum Gasteiger partial charge on any atom is 0.227 e. The molecule has 0 aliphatic carbocycles. The Morgan fingerprint density at radius 3 is 2.24 bits per heavy atom. The largest absolute Gasteiger partial charge is 0.493 e. The van der Waals surface area contributed by atoms with Gasteiger partial charge < -0.3 is 14.4 Å². The van der Waals surface area contributed by atoms with Crippen LogP contribution in [0.5, 0.6) is 11.5 Å². The summed E-state index contributed by atoms with van der Waals surface area (Å²) < 4.78 is 10.6. The third kappa shape index (κ3) is 4.80. The Labute approximate surface area is 158 Å². The first-order valence-corrected chi connectivity index (χ1v) is 8.67. The third-order valence-electron chi connectivity index (χ3n) is 3.95. The molecule has 0 spiro atoms. The Morgan fingerprint density at radius 1 is 1.04 bits per heavy atom. The molecule has 6 heteroatoms. The van der Waals surface area contributed by atoms with E-state index >= 15 is 0 Å². The minimum absolute atomic E-state index is 0.0349. The van der Waals surface area contributed by atoms with Gasteiger partial charge in [-0.3, -0.25) is 4.79 Å². The monoisotopic (exact) mass is 381 g/mol. The van der Waals surface area contributed by atoms with E-state index in [1.807, 2.05) is 25.1 Å². The predicted molar refractivity (Wildman–Crippen MR) is 101 cm³/mol. The second-order valence-corrected chi connectivity index (χ2v) is 6.29. The molecule has 0 aliphatic rings. The lowest BCUT2D eigenvalue weighted by molar-refractivity contribution is -0.130. The van der Waals surface area contributed by atoms with Gasteiger partial charge in [-0.2, -0.15) is 0 Å². The molecule has 2 aromatic carbocycles. The summed E-state index contributed by atoms with van der Waals surface area (Å²) in [4.78, 5) is 14.4. The van der Waals surface area contributed by atoms with Gasteiger partial charge in [0.2, 0.25) is 5.91 Å². The van der Waals surface area contributed by atoms with Crippen molar-refractivity contribution in [3.05, 3.63) is 57.6 Å². The van der Waals surface area contributed by atoms with Crippen LogP contribution >= 0.6 is 23.2 Å². The predicted octanol–water partition coefficient (Wildman–Crippen LogP) is 4.60. The minimum atomic E-state index is -0.0349. The molecule has 0 bridgehead atoms. The first-order valence-electron chi connectivity index (χ1n) is 7.91. The molecule has 1 amide bonds. The summed E-state index contributed by atoms with van der Waals surface area (Å²) >= 11 is 12.3. The van der Waals surface area contributed by atoms with Crippen molar-refractivity contribution in [1.29, 1.82) is 0 Å². The van der Waals surface area contributed by atoms with Crippen molar-refractivity contribution in [2.24, 2.45) is 0 Å². The van der Waals surface area contributed by atoms with E-state index in [-0.39, 0.29) is 12.3 Å². The first-order chi connectivity index (χ1) is 12.0. The summed E-state index contributed by atoms with van der Waals surface area (Å²) in [6, 6.07) is 10.9. The molecule has 0 atom stereocenters. The highest BCUT2D eigenvalue weighted by Gasteiger charge is 2.17. The smallest absolute Gasteiger partial charge is 0.227 e. The molecule has 0 saturated heterocycles. The number of halogens is 2. The normalized spacial score (nSPS) is 10.4. The minimum Gasteiger partial charge on any atom is -0.493 e. The molecule has 0 heterocycles. The number of likely N-dealkylation sites (N-methyl/N-ethyl adjacent to an activating group) is 1. The van der Waals surface area contributed by atoms with Crippen molar-refractivity contribution in [1.82, 2.24) is 4.90 Å². The van der Waals surface area contributed by atoms with Crippen molar-refractivity contribution >= 4 is 29.1 Å². The van der Waals surface area contributed by atoms with Crippen LogP contribution in [0.15, 0.2) is 36.4 Å². The van der Waals surface area contributed by atoms with Gasteiger partial charge >= 0.3 is 0 Å². The van der Waals surface area contributed by atoms with Gasteiger partial charge in [0, 0.05) is 23.1 Å². The molecule has 0 radical (unpaired) electrons. The number of carbonyl (C=O) groups excluding carboxylic acids is 1. The SMILES string of the molecule is CCN(Cc1ccc(OC)c(OC)c1)C(=O)Cc1c(Cl)cccc1Cl. The lowest BCUT2D eigenvalue weighted by Crippen LogP contribution is -2.31. The van der Waals surface area contributed by atoms with E-state index in [2.05, 4.69) is 0 Å². The fraction of sp³-hybridized carbons (Fsp3) is 0.316. The molecule has 0 unspecified atom stereocenters. The standard InChI is InChI=1S/C19H21Cl2NO3/c1-4-22(12-13-8-9-17(24-2)18(10-13)25-3)19(23)11-14-15(20)6-5-7-16(14)21/h5-10H,4,11-12H2,1-3H3. The van der Waals surface area contributed by atoms with Gasteiger partial charge in [-0.1, -0.05) is 35.3 Å². The van der Waals surface area contributed by atoms with Gasteiger partial charge in [0.1, 0.15) is 0 Å². The van der Waals surface area contributed by atoms with Crippen LogP contribution in [0.3, 0.4) is 0 Å². The van der Waals surface area contributed by atoms with Crippen molar-refractivity contribution in [2.75, 3.05) is 20.8 Å². The average Bonchev–Trinajstić information content (AvgIpc) is 2.62. The van der Waals surface area contributed by atoms with Crippen LogP contribution in [0.2, 0.25) is 10.0 Å². The van der Waals surface area contributed by atoms with Gasteiger partial charge in [0.05, 0.1) is 20.6 Å². The first kappa shape index (κ1) is 19.4. The van der Waals surface area contributed by atoms with Crippen LogP contribution in [0.25, 0.3) is 0 Å². The molecule has 0 aliphatic heterocycles. The van der Waals surface area contributed by atoms with Crippen LogP contribution in [0.1, 0.15) is 18.1 Å². The number of ether oxygens (including phenoxy) is 2. The van der Waals surface area contributed by atoms with Crippen LogP contribution in [0, 0.1) is 0 Å². The fourth-order valence-electron chi connectivity index (χ4n) is 2.54. The lowest BCUT2D eigenvalue weighted by Gasteiger charge is -2.22. The summed E-state index contributed by atoms with van der Waals surface area (Å²) in [6.07, 6.45) is 0.166. The maximum absolute atomic E-state index is 12.7. The van der Waals surface area contributed by atoms with Gasteiger partial charge in [-0.05, 0) is 42.3 Å². The highest BCUT2D eigenvalue weighted by Crippen LogP contribution is 2.29. The topological polar surface area (TPSA) is 38.8 Å².